The zero-order valence-corrected chi connectivity index (χ0v) is 20.9. The van der Waals surface area contributed by atoms with Gasteiger partial charge >= 0.3 is 0 Å². The second-order valence-electron chi connectivity index (χ2n) is 11.2. The van der Waals surface area contributed by atoms with Crippen molar-refractivity contribution in [3.63, 3.8) is 0 Å². The SMILES string of the molecule is C=C1CCCOC12CC[C@H]1[C@@H]3CCC4=CC(=O)CCC4=C3[C@@H](c3ccc(SC)cc3)C[C@@]12C. The predicted octanol–water partition coefficient (Wildman–Crippen LogP) is 7.41. The fourth-order valence-corrected chi connectivity index (χ4v) is 8.85. The van der Waals surface area contributed by atoms with Gasteiger partial charge in [0.25, 0.3) is 0 Å². The van der Waals surface area contributed by atoms with Gasteiger partial charge in [0.2, 0.25) is 0 Å². The minimum atomic E-state index is -0.151. The Balaban J connectivity index is 1.51. The lowest BCUT2D eigenvalue weighted by molar-refractivity contribution is -0.128. The molecule has 4 aliphatic carbocycles. The van der Waals surface area contributed by atoms with Crippen molar-refractivity contribution in [2.75, 3.05) is 12.9 Å². The Morgan fingerprint density at radius 3 is 2.67 bits per heavy atom. The summed E-state index contributed by atoms with van der Waals surface area (Å²) in [4.78, 5) is 13.6. The molecule has 0 N–H and O–H groups in total. The van der Waals surface area contributed by atoms with Crippen LogP contribution in [0.15, 0.2) is 64.1 Å². The summed E-state index contributed by atoms with van der Waals surface area (Å²) in [6.07, 6.45) is 13.7. The lowest BCUT2D eigenvalue weighted by Crippen LogP contribution is -2.55. The predicted molar refractivity (Wildman–Crippen MR) is 136 cm³/mol. The molecular formula is C30H36O2S. The summed E-state index contributed by atoms with van der Waals surface area (Å²) in [5.74, 6) is 1.98. The van der Waals surface area contributed by atoms with Gasteiger partial charge in [-0.3, -0.25) is 4.79 Å². The summed E-state index contributed by atoms with van der Waals surface area (Å²) in [5.41, 5.74) is 7.33. The third-order valence-electron chi connectivity index (χ3n) is 9.92. The molecule has 5 aliphatic rings. The number of hydrogen-bond donors (Lipinski definition) is 0. The van der Waals surface area contributed by atoms with Gasteiger partial charge in [-0.15, -0.1) is 11.8 Å². The Bertz CT molecular complexity index is 1060. The Morgan fingerprint density at radius 2 is 1.91 bits per heavy atom. The first kappa shape index (κ1) is 21.9. The van der Waals surface area contributed by atoms with E-state index >= 15 is 0 Å². The van der Waals surface area contributed by atoms with E-state index in [-0.39, 0.29) is 11.0 Å². The highest BCUT2D eigenvalue weighted by atomic mass is 32.2. The molecule has 0 radical (unpaired) electrons. The standard InChI is InChI=1S/C30H36O2S/c1-19-5-4-16-32-30(19)15-14-27-25-12-8-21-17-22(31)9-13-24(21)28(25)26(18-29(27,30)2)20-6-10-23(33-3)11-7-20/h6-7,10-11,17,25-27H,1,4-5,8-9,12-16,18H2,2-3H3/t25-,26+,27-,29-,30?/m0/s1. The van der Waals surface area contributed by atoms with Crippen LogP contribution in [0.4, 0.5) is 0 Å². The monoisotopic (exact) mass is 460 g/mol. The summed E-state index contributed by atoms with van der Waals surface area (Å²) in [5, 5.41) is 0. The van der Waals surface area contributed by atoms with Crippen LogP contribution >= 0.6 is 11.8 Å². The minimum absolute atomic E-state index is 0.119. The molecule has 6 rings (SSSR count). The van der Waals surface area contributed by atoms with Gasteiger partial charge in [0, 0.05) is 29.3 Å². The van der Waals surface area contributed by atoms with E-state index in [9.17, 15) is 4.79 Å². The minimum Gasteiger partial charge on any atom is -0.370 e. The number of ketones is 1. The fraction of sp³-hybridized carbons (Fsp3) is 0.567. The molecule has 5 atom stereocenters. The number of rotatable bonds is 2. The maximum atomic E-state index is 12.2. The average Bonchev–Trinajstić information content (AvgIpc) is 3.12. The van der Waals surface area contributed by atoms with Crippen molar-refractivity contribution in [3.05, 3.63) is 64.8 Å². The van der Waals surface area contributed by atoms with Crippen molar-refractivity contribution in [2.24, 2.45) is 17.3 Å². The number of benzene rings is 1. The van der Waals surface area contributed by atoms with E-state index in [1.54, 1.807) is 5.57 Å². The largest absolute Gasteiger partial charge is 0.370 e. The molecule has 1 aliphatic heterocycles. The number of thioether (sulfide) groups is 1. The molecule has 0 bridgehead atoms. The number of ether oxygens (including phenoxy) is 1. The molecule has 33 heavy (non-hydrogen) atoms. The first-order valence-corrected chi connectivity index (χ1v) is 14.1. The number of carbonyl (C=O) groups excluding carboxylic acids is 1. The fourth-order valence-electron chi connectivity index (χ4n) is 8.44. The van der Waals surface area contributed by atoms with Crippen molar-refractivity contribution in [1.29, 1.82) is 0 Å². The van der Waals surface area contributed by atoms with Gasteiger partial charge in [0.15, 0.2) is 5.78 Å². The van der Waals surface area contributed by atoms with E-state index in [4.69, 9.17) is 4.74 Å². The zero-order valence-electron chi connectivity index (χ0n) is 20.1. The second-order valence-corrected chi connectivity index (χ2v) is 12.1. The third-order valence-corrected chi connectivity index (χ3v) is 10.7. The smallest absolute Gasteiger partial charge is 0.156 e. The number of allylic oxidation sites excluding steroid dienone is 4. The van der Waals surface area contributed by atoms with Crippen molar-refractivity contribution in [2.45, 2.75) is 81.1 Å². The van der Waals surface area contributed by atoms with Gasteiger partial charge < -0.3 is 4.74 Å². The molecule has 0 amide bonds. The number of hydrogen-bond acceptors (Lipinski definition) is 3. The van der Waals surface area contributed by atoms with Crippen molar-refractivity contribution in [1.82, 2.24) is 0 Å². The maximum absolute atomic E-state index is 12.2. The first-order valence-electron chi connectivity index (χ1n) is 12.9. The maximum Gasteiger partial charge on any atom is 0.156 e. The van der Waals surface area contributed by atoms with E-state index in [1.807, 2.05) is 17.8 Å². The first-order chi connectivity index (χ1) is 16.0. The Hall–Kier alpha value is -1.58. The van der Waals surface area contributed by atoms with Crippen molar-refractivity contribution < 1.29 is 9.53 Å². The highest BCUT2D eigenvalue weighted by molar-refractivity contribution is 7.98. The van der Waals surface area contributed by atoms with Crippen LogP contribution in [0, 0.1) is 17.3 Å². The van der Waals surface area contributed by atoms with Gasteiger partial charge in [0.05, 0.1) is 5.60 Å². The molecule has 2 saturated carbocycles. The van der Waals surface area contributed by atoms with Crippen LogP contribution in [-0.2, 0) is 9.53 Å². The molecule has 1 heterocycles. The van der Waals surface area contributed by atoms with E-state index in [1.165, 1.54) is 40.0 Å². The van der Waals surface area contributed by atoms with Gasteiger partial charge in [0.1, 0.15) is 0 Å². The average molecular weight is 461 g/mol. The molecule has 3 heteroatoms. The number of carbonyl (C=O) groups is 1. The summed E-state index contributed by atoms with van der Waals surface area (Å²) < 4.78 is 6.76. The van der Waals surface area contributed by atoms with Gasteiger partial charge in [-0.1, -0.05) is 31.2 Å². The molecule has 174 valence electrons. The lowest BCUT2D eigenvalue weighted by atomic mass is 9.50. The van der Waals surface area contributed by atoms with Gasteiger partial charge in [-0.2, -0.15) is 0 Å². The lowest BCUT2D eigenvalue weighted by Gasteiger charge is -2.57. The number of fused-ring (bicyclic) bond motifs is 5. The van der Waals surface area contributed by atoms with Gasteiger partial charge in [-0.05, 0) is 110 Å². The summed E-state index contributed by atoms with van der Waals surface area (Å²) in [6.45, 7) is 8.02. The van der Waals surface area contributed by atoms with E-state index in [0.29, 0.717) is 30.0 Å². The van der Waals surface area contributed by atoms with Crippen molar-refractivity contribution in [3.8, 4) is 0 Å². The Labute approximate surface area is 202 Å². The molecule has 1 spiro atoms. The van der Waals surface area contributed by atoms with Crippen LogP contribution in [-0.4, -0.2) is 24.2 Å². The molecule has 1 aromatic rings. The summed E-state index contributed by atoms with van der Waals surface area (Å²) in [7, 11) is 0. The molecule has 3 fully saturated rings. The normalized spacial score (nSPS) is 38.1. The molecule has 1 unspecified atom stereocenters. The Morgan fingerprint density at radius 1 is 1.09 bits per heavy atom. The molecule has 2 nitrogen and oxygen atoms in total. The van der Waals surface area contributed by atoms with Crippen LogP contribution in [0.3, 0.4) is 0 Å². The van der Waals surface area contributed by atoms with E-state index in [0.717, 1.165) is 45.1 Å². The second kappa shape index (κ2) is 7.99. The van der Waals surface area contributed by atoms with Gasteiger partial charge in [-0.25, -0.2) is 0 Å². The van der Waals surface area contributed by atoms with Crippen molar-refractivity contribution >= 4 is 17.5 Å². The van der Waals surface area contributed by atoms with Crippen LogP contribution in [0.5, 0.6) is 0 Å². The molecular weight excluding hydrogens is 424 g/mol. The summed E-state index contributed by atoms with van der Waals surface area (Å²) in [6, 6.07) is 9.32. The van der Waals surface area contributed by atoms with Crippen LogP contribution < -0.4 is 0 Å². The molecule has 0 aromatic heterocycles. The highest BCUT2D eigenvalue weighted by Crippen LogP contribution is 2.69. The molecule has 1 saturated heterocycles. The summed E-state index contributed by atoms with van der Waals surface area (Å²) >= 11 is 1.81. The Kier molecular flexibility index (Phi) is 5.30. The third kappa shape index (κ3) is 3.14. The quantitative estimate of drug-likeness (QED) is 0.339. The highest BCUT2D eigenvalue weighted by Gasteiger charge is 2.65. The van der Waals surface area contributed by atoms with E-state index < -0.39 is 0 Å². The van der Waals surface area contributed by atoms with Crippen LogP contribution in [0.25, 0.3) is 0 Å². The van der Waals surface area contributed by atoms with Crippen LogP contribution in [0.1, 0.15) is 76.2 Å². The van der Waals surface area contributed by atoms with E-state index in [2.05, 4.69) is 44.0 Å². The molecule has 1 aromatic carbocycles. The zero-order chi connectivity index (χ0) is 22.8. The topological polar surface area (TPSA) is 26.3 Å². The van der Waals surface area contributed by atoms with Crippen LogP contribution in [0.2, 0.25) is 0 Å².